The number of aryl methyl sites for hydroxylation is 1. The zero-order valence-electron chi connectivity index (χ0n) is 15.3. The Balaban J connectivity index is 1.24. The number of benzene rings is 1. The lowest BCUT2D eigenvalue weighted by Gasteiger charge is -2.71. The van der Waals surface area contributed by atoms with Crippen molar-refractivity contribution in [1.82, 2.24) is 15.6 Å². The average molecular weight is 406 g/mol. The van der Waals surface area contributed by atoms with Crippen LogP contribution in [0.1, 0.15) is 36.7 Å². The summed E-state index contributed by atoms with van der Waals surface area (Å²) in [7, 11) is 0. The van der Waals surface area contributed by atoms with Gasteiger partial charge in [-0.25, -0.2) is 4.39 Å². The molecule has 6 nitrogen and oxygen atoms in total. The maximum atomic E-state index is 13.4. The number of nitrogens with one attached hydrogen (secondary N) is 2. The number of nitrogens with zero attached hydrogens (tertiary/aromatic N) is 1. The number of aliphatic hydroxyl groups excluding tert-OH is 1. The van der Waals surface area contributed by atoms with E-state index in [0.29, 0.717) is 5.69 Å². The van der Waals surface area contributed by atoms with Gasteiger partial charge >= 0.3 is 0 Å². The van der Waals surface area contributed by atoms with Crippen molar-refractivity contribution in [2.75, 3.05) is 6.61 Å². The minimum absolute atomic E-state index is 0.00603. The molecule has 1 heterocycles. The molecule has 1 amide bonds. The second-order valence-electron chi connectivity index (χ2n) is 7.81. The number of ether oxygens (including phenoxy) is 1. The Hall–Kier alpha value is -2.22. The lowest BCUT2D eigenvalue weighted by atomic mass is 9.44. The number of halogens is 2. The maximum Gasteiger partial charge on any atom is 0.258 e. The highest BCUT2D eigenvalue weighted by atomic mass is 35.5. The molecule has 148 valence electrons. The zero-order chi connectivity index (χ0) is 19.9. The Morgan fingerprint density at radius 2 is 2.07 bits per heavy atom. The molecular weight excluding hydrogens is 385 g/mol. The monoisotopic (exact) mass is 405 g/mol. The van der Waals surface area contributed by atoms with E-state index in [1.165, 1.54) is 12.1 Å². The van der Waals surface area contributed by atoms with Gasteiger partial charge in [0.1, 0.15) is 17.8 Å². The molecule has 1 aromatic carbocycles. The van der Waals surface area contributed by atoms with Gasteiger partial charge in [0.2, 0.25) is 0 Å². The van der Waals surface area contributed by atoms with Gasteiger partial charge in [-0.15, -0.1) is 0 Å². The first-order valence-corrected chi connectivity index (χ1v) is 9.43. The van der Waals surface area contributed by atoms with Crippen LogP contribution in [0.5, 0.6) is 5.75 Å². The number of pyridine rings is 1. The molecule has 0 aliphatic heterocycles. The van der Waals surface area contributed by atoms with E-state index in [1.54, 1.807) is 6.20 Å². The van der Waals surface area contributed by atoms with Crippen LogP contribution in [0.2, 0.25) is 5.02 Å². The number of amides is 1. The molecule has 1 atom stereocenters. The molecule has 2 bridgehead atoms. The Bertz CT molecular complexity index is 904. The second-order valence-corrected chi connectivity index (χ2v) is 8.22. The van der Waals surface area contributed by atoms with Crippen LogP contribution in [0.25, 0.3) is 0 Å². The third kappa shape index (κ3) is 3.70. The molecule has 3 N–H and O–H groups in total. The maximum absolute atomic E-state index is 13.4. The summed E-state index contributed by atoms with van der Waals surface area (Å²) in [5, 5.41) is 16.6. The summed E-state index contributed by atoms with van der Waals surface area (Å²) >= 11 is 5.62. The average Bonchev–Trinajstić information content (AvgIpc) is 2.59. The fourth-order valence-corrected chi connectivity index (χ4v) is 4.31. The summed E-state index contributed by atoms with van der Waals surface area (Å²) in [5.74, 6) is -0.597. The molecule has 3 saturated carbocycles. The number of hydrogen-bond donors (Lipinski definition) is 3. The van der Waals surface area contributed by atoms with Gasteiger partial charge in [0.05, 0.1) is 10.7 Å². The molecule has 0 spiro atoms. The van der Waals surface area contributed by atoms with E-state index in [2.05, 4.69) is 15.6 Å². The van der Waals surface area contributed by atoms with Crippen LogP contribution < -0.4 is 15.4 Å². The third-order valence-electron chi connectivity index (χ3n) is 5.36. The first kappa shape index (κ1) is 19.1. The van der Waals surface area contributed by atoms with Crippen molar-refractivity contribution in [2.24, 2.45) is 0 Å². The molecule has 2 aromatic rings. The summed E-state index contributed by atoms with van der Waals surface area (Å²) < 4.78 is 18.7. The SMILES string of the molecule is Cc1ccnc(C(O)NC23CC(NC(=O)COc4ccc(Cl)c(F)c4)(C2)C3)c1. The van der Waals surface area contributed by atoms with Crippen molar-refractivity contribution >= 4 is 17.5 Å². The van der Waals surface area contributed by atoms with E-state index in [4.69, 9.17) is 16.3 Å². The summed E-state index contributed by atoms with van der Waals surface area (Å²) in [5.41, 5.74) is 1.20. The summed E-state index contributed by atoms with van der Waals surface area (Å²) in [6.07, 6.45) is 3.06. The minimum Gasteiger partial charge on any atom is -0.484 e. The Labute approximate surface area is 167 Å². The highest BCUT2D eigenvalue weighted by Gasteiger charge is 2.68. The van der Waals surface area contributed by atoms with Crippen LogP contribution in [0.15, 0.2) is 36.5 Å². The quantitative estimate of drug-likeness (QED) is 0.617. The molecule has 0 saturated heterocycles. The molecule has 1 aromatic heterocycles. The van der Waals surface area contributed by atoms with Gasteiger partial charge in [-0.1, -0.05) is 11.6 Å². The van der Waals surface area contributed by atoms with E-state index in [-0.39, 0.29) is 34.4 Å². The molecule has 8 heteroatoms. The van der Waals surface area contributed by atoms with E-state index >= 15 is 0 Å². The van der Waals surface area contributed by atoms with Crippen LogP contribution in [0.4, 0.5) is 4.39 Å². The summed E-state index contributed by atoms with van der Waals surface area (Å²) in [6, 6.07) is 7.77. The van der Waals surface area contributed by atoms with Crippen LogP contribution >= 0.6 is 11.6 Å². The van der Waals surface area contributed by atoms with Crippen molar-refractivity contribution in [3.05, 3.63) is 58.6 Å². The number of carbonyl (C=O) groups excluding carboxylic acids is 1. The van der Waals surface area contributed by atoms with Gasteiger partial charge in [-0.2, -0.15) is 0 Å². The van der Waals surface area contributed by atoms with Gasteiger partial charge in [-0.3, -0.25) is 15.1 Å². The van der Waals surface area contributed by atoms with Crippen molar-refractivity contribution in [1.29, 1.82) is 0 Å². The van der Waals surface area contributed by atoms with Gasteiger partial charge in [0.25, 0.3) is 5.91 Å². The molecule has 3 aliphatic carbocycles. The Morgan fingerprint density at radius 1 is 1.32 bits per heavy atom. The highest BCUT2D eigenvalue weighted by molar-refractivity contribution is 6.30. The van der Waals surface area contributed by atoms with E-state index in [0.717, 1.165) is 30.9 Å². The van der Waals surface area contributed by atoms with Crippen LogP contribution in [-0.4, -0.2) is 33.7 Å². The van der Waals surface area contributed by atoms with Gasteiger partial charge in [0.15, 0.2) is 6.61 Å². The van der Waals surface area contributed by atoms with Gasteiger partial charge < -0.3 is 15.2 Å². The number of hydrogen-bond acceptors (Lipinski definition) is 5. The fraction of sp³-hybridized carbons (Fsp3) is 0.400. The summed E-state index contributed by atoms with van der Waals surface area (Å²) in [6.45, 7) is 1.75. The fourth-order valence-electron chi connectivity index (χ4n) is 4.19. The highest BCUT2D eigenvalue weighted by Crippen LogP contribution is 2.60. The third-order valence-corrected chi connectivity index (χ3v) is 5.66. The summed E-state index contributed by atoms with van der Waals surface area (Å²) in [4.78, 5) is 16.3. The van der Waals surface area contributed by atoms with E-state index < -0.39 is 12.0 Å². The normalized spacial score (nSPS) is 26.0. The lowest BCUT2D eigenvalue weighted by molar-refractivity contribution is -0.151. The minimum atomic E-state index is -0.836. The predicted molar refractivity (Wildman–Crippen MR) is 101 cm³/mol. The van der Waals surface area contributed by atoms with Gasteiger partial charge in [0, 0.05) is 23.3 Å². The van der Waals surface area contributed by atoms with Crippen LogP contribution in [0.3, 0.4) is 0 Å². The van der Waals surface area contributed by atoms with Crippen molar-refractivity contribution in [3.63, 3.8) is 0 Å². The largest absolute Gasteiger partial charge is 0.484 e. The Morgan fingerprint density at radius 3 is 2.75 bits per heavy atom. The van der Waals surface area contributed by atoms with E-state index in [9.17, 15) is 14.3 Å². The smallest absolute Gasteiger partial charge is 0.258 e. The topological polar surface area (TPSA) is 83.5 Å². The number of aromatic nitrogens is 1. The van der Waals surface area contributed by atoms with Gasteiger partial charge in [-0.05, 0) is 56.0 Å². The number of aliphatic hydroxyl groups is 1. The molecule has 3 aliphatic rings. The van der Waals surface area contributed by atoms with E-state index in [1.807, 2.05) is 19.1 Å². The number of carbonyl (C=O) groups is 1. The number of rotatable bonds is 7. The lowest BCUT2D eigenvalue weighted by Crippen LogP contribution is -2.83. The van der Waals surface area contributed by atoms with Crippen molar-refractivity contribution in [3.8, 4) is 5.75 Å². The van der Waals surface area contributed by atoms with Crippen molar-refractivity contribution in [2.45, 2.75) is 43.5 Å². The van der Waals surface area contributed by atoms with Crippen LogP contribution in [-0.2, 0) is 4.79 Å². The molecule has 5 rings (SSSR count). The first-order chi connectivity index (χ1) is 13.3. The molecule has 0 radical (unpaired) electrons. The Kier molecular flexibility index (Phi) is 4.77. The zero-order valence-corrected chi connectivity index (χ0v) is 16.1. The molecular formula is C20H21ClFN3O3. The second kappa shape index (κ2) is 6.99. The first-order valence-electron chi connectivity index (χ1n) is 9.05. The molecule has 3 fully saturated rings. The molecule has 28 heavy (non-hydrogen) atoms. The predicted octanol–water partition coefficient (Wildman–Crippen LogP) is 2.63. The molecule has 1 unspecified atom stereocenters. The van der Waals surface area contributed by atoms with Crippen LogP contribution in [0, 0.1) is 12.7 Å². The standard InChI is InChI=1S/C20H21ClFN3O3/c1-12-4-5-23-16(6-12)18(27)25-20-9-19(10-20,11-20)24-17(26)8-28-13-2-3-14(21)15(22)7-13/h2-7,18,25,27H,8-11H2,1H3,(H,24,26). The van der Waals surface area contributed by atoms with Crippen molar-refractivity contribution < 1.29 is 19.0 Å².